The van der Waals surface area contributed by atoms with Gasteiger partial charge < -0.3 is 9.90 Å². The minimum Gasteiger partial charge on any atom is -0.507 e. The van der Waals surface area contributed by atoms with Crippen LogP contribution >= 0.6 is 11.8 Å². The fourth-order valence-corrected chi connectivity index (χ4v) is 2.19. The zero-order valence-corrected chi connectivity index (χ0v) is 12.0. The second-order valence-electron chi connectivity index (χ2n) is 3.80. The lowest BCUT2D eigenvalue weighted by molar-refractivity contribution is -0.109. The molecule has 2 unspecified atom stereocenters. The maximum absolute atomic E-state index is 10.7. The molecule has 0 heterocycles. The summed E-state index contributed by atoms with van der Waals surface area (Å²) in [6.07, 6.45) is 7.66. The van der Waals surface area contributed by atoms with Crippen LogP contribution in [0.3, 0.4) is 0 Å². The average Bonchev–Trinajstić information content (AvgIpc) is 2.37. The monoisotopic (exact) mass is 267 g/mol. The van der Waals surface area contributed by atoms with Crippen LogP contribution in [-0.4, -0.2) is 29.1 Å². The van der Waals surface area contributed by atoms with Gasteiger partial charge >= 0.3 is 0 Å². The SMILES string of the molecule is C=C/C=C(C)\C(O)=C(/C=C)C(NC(C)C=O)SC. The van der Waals surface area contributed by atoms with Crippen LogP contribution in [0.25, 0.3) is 0 Å². The maximum atomic E-state index is 10.7. The van der Waals surface area contributed by atoms with Gasteiger partial charge in [-0.3, -0.25) is 5.32 Å². The predicted molar refractivity (Wildman–Crippen MR) is 79.8 cm³/mol. The Morgan fingerprint density at radius 3 is 2.44 bits per heavy atom. The molecule has 0 fully saturated rings. The van der Waals surface area contributed by atoms with E-state index in [1.165, 1.54) is 11.8 Å². The Hall–Kier alpha value is -1.26. The van der Waals surface area contributed by atoms with Crippen molar-refractivity contribution < 1.29 is 9.90 Å². The van der Waals surface area contributed by atoms with Gasteiger partial charge in [-0.05, 0) is 25.7 Å². The van der Waals surface area contributed by atoms with E-state index in [1.807, 2.05) is 6.26 Å². The third kappa shape index (κ3) is 4.94. The zero-order chi connectivity index (χ0) is 14.1. The molecule has 0 bridgehead atoms. The highest BCUT2D eigenvalue weighted by Gasteiger charge is 2.17. The molecule has 4 heteroatoms. The van der Waals surface area contributed by atoms with Crippen LogP contribution in [0.5, 0.6) is 0 Å². The molecule has 0 saturated carbocycles. The quantitative estimate of drug-likeness (QED) is 0.307. The van der Waals surface area contributed by atoms with E-state index < -0.39 is 0 Å². The molecule has 0 amide bonds. The first-order valence-electron chi connectivity index (χ1n) is 5.61. The summed E-state index contributed by atoms with van der Waals surface area (Å²) in [5.41, 5.74) is 1.37. The van der Waals surface area contributed by atoms with Crippen LogP contribution in [0.15, 0.2) is 48.3 Å². The third-order valence-electron chi connectivity index (χ3n) is 2.37. The minimum atomic E-state index is -0.283. The van der Waals surface area contributed by atoms with E-state index in [4.69, 9.17) is 0 Å². The molecule has 0 aliphatic carbocycles. The van der Waals surface area contributed by atoms with Gasteiger partial charge in [0.1, 0.15) is 12.0 Å². The van der Waals surface area contributed by atoms with E-state index in [2.05, 4.69) is 18.5 Å². The average molecular weight is 267 g/mol. The molecule has 2 N–H and O–H groups in total. The summed E-state index contributed by atoms with van der Waals surface area (Å²) in [6, 6.07) is -0.283. The number of thioether (sulfide) groups is 1. The molecule has 0 radical (unpaired) electrons. The van der Waals surface area contributed by atoms with E-state index in [9.17, 15) is 9.90 Å². The van der Waals surface area contributed by atoms with Crippen LogP contribution in [0, 0.1) is 0 Å². The van der Waals surface area contributed by atoms with Crippen molar-refractivity contribution in [3.05, 3.63) is 48.3 Å². The van der Waals surface area contributed by atoms with E-state index in [-0.39, 0.29) is 17.2 Å². The van der Waals surface area contributed by atoms with Crippen LogP contribution in [0.1, 0.15) is 13.8 Å². The summed E-state index contributed by atoms with van der Waals surface area (Å²) in [4.78, 5) is 10.7. The highest BCUT2D eigenvalue weighted by Crippen LogP contribution is 2.22. The number of rotatable bonds is 8. The molecule has 0 saturated heterocycles. The summed E-state index contributed by atoms with van der Waals surface area (Å²) in [6.45, 7) is 10.9. The first-order chi connectivity index (χ1) is 8.51. The molecule has 18 heavy (non-hydrogen) atoms. The van der Waals surface area contributed by atoms with Crippen molar-refractivity contribution in [3.63, 3.8) is 0 Å². The standard InChI is InChI=1S/C14H21NO2S/c1-6-8-10(3)13(17)12(7-2)14(18-5)15-11(4)9-16/h6-9,11,14-15,17H,1-2H2,3-5H3/b10-8-,13-12-. The van der Waals surface area contributed by atoms with Crippen molar-refractivity contribution in [1.82, 2.24) is 5.32 Å². The number of carbonyl (C=O) groups is 1. The predicted octanol–water partition coefficient (Wildman–Crippen LogP) is 2.98. The van der Waals surface area contributed by atoms with Gasteiger partial charge in [0.2, 0.25) is 0 Å². The molecule has 3 nitrogen and oxygen atoms in total. The molecule has 0 aliphatic rings. The lowest BCUT2D eigenvalue weighted by Gasteiger charge is -2.21. The topological polar surface area (TPSA) is 49.3 Å². The van der Waals surface area contributed by atoms with Gasteiger partial charge in [0, 0.05) is 5.57 Å². The molecular weight excluding hydrogens is 246 g/mol. The number of hydrogen-bond donors (Lipinski definition) is 2. The van der Waals surface area contributed by atoms with Gasteiger partial charge in [0.25, 0.3) is 0 Å². The molecule has 0 aromatic rings. The second-order valence-corrected chi connectivity index (χ2v) is 4.74. The number of nitrogens with one attached hydrogen (secondary N) is 1. The van der Waals surface area contributed by atoms with Crippen LogP contribution in [0.2, 0.25) is 0 Å². The van der Waals surface area contributed by atoms with Gasteiger partial charge in [-0.1, -0.05) is 31.4 Å². The molecular formula is C14H21NO2S. The number of allylic oxidation sites excluding steroid dienone is 3. The Kier molecular flexibility index (Phi) is 8.16. The Morgan fingerprint density at radius 2 is 2.06 bits per heavy atom. The highest BCUT2D eigenvalue weighted by atomic mass is 32.2. The van der Waals surface area contributed by atoms with Crippen LogP contribution in [-0.2, 0) is 4.79 Å². The Morgan fingerprint density at radius 1 is 1.44 bits per heavy atom. The van der Waals surface area contributed by atoms with Crippen molar-refractivity contribution in [1.29, 1.82) is 0 Å². The summed E-state index contributed by atoms with van der Waals surface area (Å²) in [5.74, 6) is 0.162. The van der Waals surface area contributed by atoms with Crippen LogP contribution in [0.4, 0.5) is 0 Å². The van der Waals surface area contributed by atoms with Crippen molar-refractivity contribution in [3.8, 4) is 0 Å². The largest absolute Gasteiger partial charge is 0.507 e. The summed E-state index contributed by atoms with van der Waals surface area (Å²) < 4.78 is 0. The minimum absolute atomic E-state index is 0.162. The number of aldehydes is 1. The number of aliphatic hydroxyl groups excluding tert-OH is 1. The molecule has 100 valence electrons. The van der Waals surface area contributed by atoms with Gasteiger partial charge in [-0.2, -0.15) is 0 Å². The summed E-state index contributed by atoms with van der Waals surface area (Å²) >= 11 is 1.50. The van der Waals surface area contributed by atoms with Gasteiger partial charge in [-0.25, -0.2) is 0 Å². The summed E-state index contributed by atoms with van der Waals surface area (Å²) in [5, 5.41) is 13.1. The molecule has 0 aromatic carbocycles. The summed E-state index contributed by atoms with van der Waals surface area (Å²) in [7, 11) is 0. The Bertz CT molecular complexity index is 372. The second kappa shape index (κ2) is 8.78. The van der Waals surface area contributed by atoms with Crippen LogP contribution < -0.4 is 5.32 Å². The number of carbonyl (C=O) groups excluding carboxylic acids is 1. The first kappa shape index (κ1) is 16.7. The number of aliphatic hydroxyl groups is 1. The normalized spacial score (nSPS) is 16.5. The molecule has 0 rings (SSSR count). The van der Waals surface area contributed by atoms with Crippen molar-refractivity contribution in [2.45, 2.75) is 25.3 Å². The zero-order valence-electron chi connectivity index (χ0n) is 11.1. The third-order valence-corrected chi connectivity index (χ3v) is 3.23. The van der Waals surface area contributed by atoms with Crippen molar-refractivity contribution in [2.24, 2.45) is 0 Å². The lowest BCUT2D eigenvalue weighted by Crippen LogP contribution is -2.36. The Labute approximate surface area is 113 Å². The number of hydrogen-bond acceptors (Lipinski definition) is 4. The van der Waals surface area contributed by atoms with E-state index in [0.717, 1.165) is 6.29 Å². The maximum Gasteiger partial charge on any atom is 0.136 e. The molecule has 0 aromatic heterocycles. The van der Waals surface area contributed by atoms with E-state index >= 15 is 0 Å². The molecule has 0 aliphatic heterocycles. The molecule has 2 atom stereocenters. The smallest absolute Gasteiger partial charge is 0.136 e. The Balaban J connectivity index is 5.30. The van der Waals surface area contributed by atoms with E-state index in [0.29, 0.717) is 11.1 Å². The highest BCUT2D eigenvalue weighted by molar-refractivity contribution is 7.99. The van der Waals surface area contributed by atoms with Crippen molar-refractivity contribution in [2.75, 3.05) is 6.26 Å². The van der Waals surface area contributed by atoms with E-state index in [1.54, 1.807) is 32.1 Å². The van der Waals surface area contributed by atoms with Crippen molar-refractivity contribution >= 4 is 18.0 Å². The lowest BCUT2D eigenvalue weighted by atomic mass is 10.1. The van der Waals surface area contributed by atoms with Gasteiger partial charge in [-0.15, -0.1) is 11.8 Å². The molecule has 0 spiro atoms. The van der Waals surface area contributed by atoms with Gasteiger partial charge in [0.05, 0.1) is 11.4 Å². The fourth-order valence-electron chi connectivity index (χ4n) is 1.37. The first-order valence-corrected chi connectivity index (χ1v) is 6.90. The van der Waals surface area contributed by atoms with Gasteiger partial charge in [0.15, 0.2) is 0 Å². The fraction of sp³-hybridized carbons (Fsp3) is 0.357.